The van der Waals surface area contributed by atoms with Crippen molar-refractivity contribution in [3.05, 3.63) is 87.3 Å². The van der Waals surface area contributed by atoms with Crippen molar-refractivity contribution in [2.24, 2.45) is 11.7 Å². The minimum absolute atomic E-state index is 0.201. The first-order chi connectivity index (χ1) is 18.7. The van der Waals surface area contributed by atoms with E-state index in [1.807, 2.05) is 37.3 Å². The van der Waals surface area contributed by atoms with E-state index in [1.54, 1.807) is 12.1 Å². The molecule has 1 aliphatic rings. The number of rotatable bonds is 10. The molecule has 8 nitrogen and oxygen atoms in total. The molecule has 0 radical (unpaired) electrons. The Morgan fingerprint density at radius 3 is 2.38 bits per heavy atom. The maximum absolute atomic E-state index is 12.6. The maximum Gasteiger partial charge on any atom is 0.254 e. The molecule has 1 aromatic carbocycles. The van der Waals surface area contributed by atoms with E-state index in [0.29, 0.717) is 18.0 Å². The largest absolute Gasteiger partial charge is 0.469 e. The molecule has 2 amide bonds. The van der Waals surface area contributed by atoms with Crippen LogP contribution in [0.5, 0.6) is 5.88 Å². The van der Waals surface area contributed by atoms with Crippen molar-refractivity contribution >= 4 is 35.0 Å². The van der Waals surface area contributed by atoms with Crippen LogP contribution < -0.4 is 15.8 Å². The number of carbonyl (C=O) groups is 2. The number of aromatic nitrogens is 2. The van der Waals surface area contributed by atoms with Gasteiger partial charge in [-0.15, -0.1) is 0 Å². The number of primary amides is 1. The Labute approximate surface area is 238 Å². The van der Waals surface area contributed by atoms with Gasteiger partial charge in [0.25, 0.3) is 5.91 Å². The van der Waals surface area contributed by atoms with Crippen molar-refractivity contribution in [2.75, 3.05) is 19.6 Å². The van der Waals surface area contributed by atoms with E-state index in [9.17, 15) is 9.59 Å². The average molecular weight is 571 g/mol. The van der Waals surface area contributed by atoms with Gasteiger partial charge in [-0.1, -0.05) is 41.4 Å². The lowest BCUT2D eigenvalue weighted by atomic mass is 9.86. The maximum atomic E-state index is 12.6. The highest BCUT2D eigenvalue weighted by molar-refractivity contribution is 6.39. The second-order valence-electron chi connectivity index (χ2n) is 9.89. The van der Waals surface area contributed by atoms with Crippen LogP contribution in [0.4, 0.5) is 0 Å². The summed E-state index contributed by atoms with van der Waals surface area (Å²) >= 11 is 12.2. The summed E-state index contributed by atoms with van der Waals surface area (Å²) in [6.45, 7) is 6.43. The monoisotopic (exact) mass is 569 g/mol. The van der Waals surface area contributed by atoms with Gasteiger partial charge in [0.05, 0.1) is 15.6 Å². The number of hydrogen-bond donors (Lipinski definition) is 2. The molecule has 1 saturated heterocycles. The van der Waals surface area contributed by atoms with Gasteiger partial charge in [-0.2, -0.15) is 0 Å². The van der Waals surface area contributed by atoms with Gasteiger partial charge < -0.3 is 20.7 Å². The van der Waals surface area contributed by atoms with Crippen LogP contribution >= 0.6 is 23.2 Å². The van der Waals surface area contributed by atoms with Gasteiger partial charge in [-0.25, -0.2) is 4.98 Å². The number of ether oxygens (including phenoxy) is 1. The molecule has 2 aromatic heterocycles. The number of nitrogens with zero attached hydrogens (tertiary/aromatic N) is 3. The molecular weight excluding hydrogens is 537 g/mol. The Bertz CT molecular complexity index is 1280. The van der Waals surface area contributed by atoms with Gasteiger partial charge in [0.1, 0.15) is 6.10 Å². The first kappa shape index (κ1) is 28.8. The summed E-state index contributed by atoms with van der Waals surface area (Å²) in [5.74, 6) is 0.0982. The fourth-order valence-corrected chi connectivity index (χ4v) is 5.48. The molecule has 3 aromatic rings. The van der Waals surface area contributed by atoms with E-state index >= 15 is 0 Å². The fourth-order valence-electron chi connectivity index (χ4n) is 4.94. The first-order valence-corrected chi connectivity index (χ1v) is 13.8. The average Bonchev–Trinajstić information content (AvgIpc) is 2.92. The molecule has 2 atom stereocenters. The summed E-state index contributed by atoms with van der Waals surface area (Å²) < 4.78 is 6.45. The number of likely N-dealkylation sites (tertiary alicyclic amines) is 1. The molecule has 3 heterocycles. The topological polar surface area (TPSA) is 110 Å². The number of piperidine rings is 1. The molecule has 10 heteroatoms. The van der Waals surface area contributed by atoms with E-state index in [0.717, 1.165) is 43.6 Å². The molecule has 1 aliphatic heterocycles. The van der Waals surface area contributed by atoms with Crippen LogP contribution in [-0.4, -0.2) is 52.4 Å². The van der Waals surface area contributed by atoms with Crippen molar-refractivity contribution in [3.63, 3.8) is 0 Å². The number of pyridine rings is 2. The molecule has 0 aliphatic carbocycles. The van der Waals surface area contributed by atoms with Crippen LogP contribution in [0.2, 0.25) is 10.0 Å². The fraction of sp³-hybridized carbons (Fsp3) is 0.379. The van der Waals surface area contributed by atoms with Crippen LogP contribution in [0.25, 0.3) is 0 Å². The smallest absolute Gasteiger partial charge is 0.254 e. The summed E-state index contributed by atoms with van der Waals surface area (Å²) in [4.78, 5) is 35.0. The van der Waals surface area contributed by atoms with Crippen molar-refractivity contribution in [3.8, 4) is 5.88 Å². The molecule has 4 rings (SSSR count). The lowest BCUT2D eigenvalue weighted by molar-refractivity contribution is 0.0579. The van der Waals surface area contributed by atoms with E-state index in [-0.39, 0.29) is 39.6 Å². The second kappa shape index (κ2) is 13.2. The van der Waals surface area contributed by atoms with Gasteiger partial charge in [-0.05, 0) is 70.0 Å². The molecule has 1 fully saturated rings. The zero-order valence-corrected chi connectivity index (χ0v) is 23.6. The quantitative estimate of drug-likeness (QED) is 0.346. The van der Waals surface area contributed by atoms with E-state index in [2.05, 4.69) is 27.1 Å². The lowest BCUT2D eigenvalue weighted by Crippen LogP contribution is -2.43. The molecule has 0 spiro atoms. The van der Waals surface area contributed by atoms with E-state index in [4.69, 9.17) is 33.7 Å². The Hall–Kier alpha value is -3.20. The van der Waals surface area contributed by atoms with Gasteiger partial charge >= 0.3 is 0 Å². The summed E-state index contributed by atoms with van der Waals surface area (Å²) in [5, 5.41) is 3.39. The molecule has 0 saturated carbocycles. The van der Waals surface area contributed by atoms with Crippen LogP contribution in [0.15, 0.2) is 54.9 Å². The van der Waals surface area contributed by atoms with Gasteiger partial charge in [-0.3, -0.25) is 14.6 Å². The standard InChI is InChI=1S/C29H33Cl2N5O3/c1-18-4-3-5-25(35-18)39-27(20-6-8-22(9-7-20)28(32)37)21-11-14-36(15-12-21)19(2)10-13-34-29(38)26-23(30)16-33-17-24(26)31/h3-9,16-17,19,21,27H,10-15H2,1-2H3,(H2,32,37)(H,34,38). The third-order valence-electron chi connectivity index (χ3n) is 7.19. The van der Waals surface area contributed by atoms with Gasteiger partial charge in [0.2, 0.25) is 11.8 Å². The van der Waals surface area contributed by atoms with Crippen molar-refractivity contribution in [1.82, 2.24) is 20.2 Å². The van der Waals surface area contributed by atoms with E-state index < -0.39 is 5.91 Å². The van der Waals surface area contributed by atoms with Crippen LogP contribution in [0.1, 0.15) is 64.3 Å². The Kier molecular flexibility index (Phi) is 9.78. The first-order valence-electron chi connectivity index (χ1n) is 13.0. The third kappa shape index (κ3) is 7.47. The van der Waals surface area contributed by atoms with Gasteiger partial charge in [0, 0.05) is 48.2 Å². The van der Waals surface area contributed by atoms with E-state index in [1.165, 1.54) is 12.4 Å². The number of aryl methyl sites for hydroxylation is 1. The highest BCUT2D eigenvalue weighted by Crippen LogP contribution is 2.35. The number of hydrogen-bond acceptors (Lipinski definition) is 6. The molecular formula is C29H33Cl2N5O3. The Balaban J connectivity index is 1.35. The normalized spacial score (nSPS) is 15.9. The molecule has 2 unspecified atom stereocenters. The summed E-state index contributed by atoms with van der Waals surface area (Å²) in [6.07, 6.45) is 5.28. The molecule has 39 heavy (non-hydrogen) atoms. The highest BCUT2D eigenvalue weighted by Gasteiger charge is 2.31. The molecule has 3 N–H and O–H groups in total. The Morgan fingerprint density at radius 1 is 1.10 bits per heavy atom. The lowest BCUT2D eigenvalue weighted by Gasteiger charge is -2.39. The number of benzene rings is 1. The van der Waals surface area contributed by atoms with Crippen molar-refractivity contribution < 1.29 is 14.3 Å². The number of amides is 2. The molecule has 206 valence electrons. The number of nitrogens with one attached hydrogen (secondary N) is 1. The predicted molar refractivity (Wildman–Crippen MR) is 152 cm³/mol. The predicted octanol–water partition coefficient (Wildman–Crippen LogP) is 5.23. The second-order valence-corrected chi connectivity index (χ2v) is 10.7. The van der Waals surface area contributed by atoms with Crippen LogP contribution in [0.3, 0.4) is 0 Å². The molecule has 0 bridgehead atoms. The SMILES string of the molecule is Cc1cccc(OC(c2ccc(C(N)=O)cc2)C2CCN(C(C)CCNC(=O)c3c(Cl)cncc3Cl)CC2)n1. The van der Waals surface area contributed by atoms with Crippen molar-refractivity contribution in [1.29, 1.82) is 0 Å². The number of halogens is 2. The zero-order chi connectivity index (χ0) is 27.9. The number of carbonyl (C=O) groups excluding carboxylic acids is 2. The summed E-state index contributed by atoms with van der Waals surface area (Å²) in [7, 11) is 0. The van der Waals surface area contributed by atoms with Crippen molar-refractivity contribution in [2.45, 2.75) is 45.3 Å². The third-order valence-corrected chi connectivity index (χ3v) is 7.76. The Morgan fingerprint density at radius 2 is 1.77 bits per heavy atom. The number of nitrogens with two attached hydrogens (primary N) is 1. The van der Waals surface area contributed by atoms with Crippen LogP contribution in [0, 0.1) is 12.8 Å². The summed E-state index contributed by atoms with van der Waals surface area (Å²) in [6, 6.07) is 13.3. The van der Waals surface area contributed by atoms with Crippen LogP contribution in [-0.2, 0) is 0 Å². The highest BCUT2D eigenvalue weighted by atomic mass is 35.5. The minimum atomic E-state index is -0.454. The summed E-state index contributed by atoms with van der Waals surface area (Å²) in [5.41, 5.74) is 8.04. The van der Waals surface area contributed by atoms with Gasteiger partial charge in [0.15, 0.2) is 0 Å². The minimum Gasteiger partial charge on any atom is -0.469 e. The zero-order valence-electron chi connectivity index (χ0n) is 22.1.